The molecule has 2 aromatic carbocycles. The van der Waals surface area contributed by atoms with Crippen LogP contribution in [0.4, 0.5) is 16.2 Å². The van der Waals surface area contributed by atoms with Crippen LogP contribution in [0.25, 0.3) is 0 Å². The molecule has 1 unspecified atom stereocenters. The molecule has 1 aliphatic carbocycles. The second kappa shape index (κ2) is 10.7. The Kier molecular flexibility index (Phi) is 7.30. The van der Waals surface area contributed by atoms with Crippen molar-refractivity contribution in [3.63, 3.8) is 0 Å². The minimum Gasteiger partial charge on any atom is -0.371 e. The molecule has 2 aliphatic rings. The number of para-hydroxylation sites is 1. The lowest BCUT2D eigenvalue weighted by atomic mass is 9.86. The molecule has 0 spiro atoms. The van der Waals surface area contributed by atoms with E-state index in [0.29, 0.717) is 16.3 Å². The minimum atomic E-state index is -0.318. The molecule has 3 aromatic rings. The minimum absolute atomic E-state index is 0.0131. The van der Waals surface area contributed by atoms with Gasteiger partial charge in [0.25, 0.3) is 5.91 Å². The van der Waals surface area contributed by atoms with Crippen molar-refractivity contribution in [2.75, 3.05) is 30.4 Å². The van der Waals surface area contributed by atoms with Gasteiger partial charge in [0.2, 0.25) is 0 Å². The maximum absolute atomic E-state index is 13.6. The number of benzene rings is 2. The van der Waals surface area contributed by atoms with Crippen molar-refractivity contribution in [3.05, 3.63) is 88.7 Å². The lowest BCUT2D eigenvalue weighted by Gasteiger charge is -2.38. The van der Waals surface area contributed by atoms with Crippen LogP contribution in [-0.4, -0.2) is 48.0 Å². The van der Waals surface area contributed by atoms with Gasteiger partial charge in [-0.15, -0.1) is 0 Å². The van der Waals surface area contributed by atoms with E-state index in [1.165, 1.54) is 5.69 Å². The van der Waals surface area contributed by atoms with E-state index in [0.717, 1.165) is 43.5 Å². The number of amides is 3. The molecule has 1 fully saturated rings. The number of pyridine rings is 1. The fourth-order valence-electron chi connectivity index (χ4n) is 5.77. The van der Waals surface area contributed by atoms with Crippen LogP contribution in [0.2, 0.25) is 5.02 Å². The predicted octanol–water partition coefficient (Wildman–Crippen LogP) is 6.02. The molecule has 0 bridgehead atoms. The van der Waals surface area contributed by atoms with E-state index in [1.54, 1.807) is 12.1 Å². The Bertz CT molecular complexity index is 1320. The van der Waals surface area contributed by atoms with Gasteiger partial charge >= 0.3 is 6.03 Å². The summed E-state index contributed by atoms with van der Waals surface area (Å²) in [5.41, 5.74) is 4.42. The van der Waals surface area contributed by atoms with Crippen LogP contribution < -0.4 is 15.5 Å². The van der Waals surface area contributed by atoms with Crippen LogP contribution in [0, 0.1) is 0 Å². The molecule has 2 heterocycles. The van der Waals surface area contributed by atoms with Crippen LogP contribution in [0.15, 0.2) is 67.0 Å². The molecular weight excluding hydrogens is 498 g/mol. The van der Waals surface area contributed by atoms with Crippen molar-refractivity contribution in [1.82, 2.24) is 15.2 Å². The van der Waals surface area contributed by atoms with Gasteiger partial charge in [0.15, 0.2) is 0 Å². The lowest BCUT2D eigenvalue weighted by Crippen LogP contribution is -2.45. The van der Waals surface area contributed by atoms with Gasteiger partial charge < -0.3 is 20.4 Å². The molecule has 3 amide bonds. The summed E-state index contributed by atoms with van der Waals surface area (Å²) in [7, 11) is 1.90. The number of nitrogens with zero attached hydrogens (tertiary/aromatic N) is 3. The molecular formula is C30H34ClN5O2. The van der Waals surface area contributed by atoms with Crippen LogP contribution in [0.1, 0.15) is 60.6 Å². The summed E-state index contributed by atoms with van der Waals surface area (Å²) in [6.45, 7) is 6.14. The van der Waals surface area contributed by atoms with Crippen LogP contribution in [0.3, 0.4) is 0 Å². The largest absolute Gasteiger partial charge is 0.371 e. The van der Waals surface area contributed by atoms with E-state index < -0.39 is 0 Å². The molecule has 38 heavy (non-hydrogen) atoms. The summed E-state index contributed by atoms with van der Waals surface area (Å²) >= 11 is 6.21. The number of aromatic nitrogens is 1. The van der Waals surface area contributed by atoms with Crippen molar-refractivity contribution in [3.8, 4) is 0 Å². The van der Waals surface area contributed by atoms with Crippen molar-refractivity contribution in [2.24, 2.45) is 0 Å². The Labute approximate surface area is 229 Å². The van der Waals surface area contributed by atoms with E-state index in [4.69, 9.17) is 11.6 Å². The van der Waals surface area contributed by atoms with Crippen LogP contribution in [0.5, 0.6) is 0 Å². The highest BCUT2D eigenvalue weighted by atomic mass is 35.5. The zero-order chi connectivity index (χ0) is 26.9. The first kappa shape index (κ1) is 26.0. The van der Waals surface area contributed by atoms with Gasteiger partial charge in [0, 0.05) is 49.8 Å². The quantitative estimate of drug-likeness (QED) is 0.422. The number of fused-ring (bicyclic) bond motifs is 1. The first-order chi connectivity index (χ1) is 18.2. The van der Waals surface area contributed by atoms with Crippen LogP contribution in [-0.2, 0) is 5.41 Å². The van der Waals surface area contributed by atoms with Crippen molar-refractivity contribution < 1.29 is 9.59 Å². The Morgan fingerprint density at radius 2 is 1.76 bits per heavy atom. The normalized spacial score (nSPS) is 18.5. The average Bonchev–Trinajstić information content (AvgIpc) is 3.18. The zero-order valence-electron chi connectivity index (χ0n) is 22.1. The monoisotopic (exact) mass is 531 g/mol. The van der Waals surface area contributed by atoms with Gasteiger partial charge in [0.05, 0.1) is 16.8 Å². The van der Waals surface area contributed by atoms with Crippen molar-refractivity contribution >= 4 is 34.9 Å². The fraction of sp³-hybridized carbons (Fsp3) is 0.367. The topological polar surface area (TPSA) is 77.6 Å². The molecule has 1 aromatic heterocycles. The van der Waals surface area contributed by atoms with E-state index in [1.807, 2.05) is 60.7 Å². The number of hydrogen-bond donors (Lipinski definition) is 2. The molecule has 198 valence electrons. The van der Waals surface area contributed by atoms with Crippen LogP contribution >= 0.6 is 11.6 Å². The van der Waals surface area contributed by atoms with E-state index in [-0.39, 0.29) is 29.4 Å². The zero-order valence-corrected chi connectivity index (χ0v) is 22.8. The summed E-state index contributed by atoms with van der Waals surface area (Å²) in [5.74, 6) is 0.0131. The number of hydrogen-bond acceptors (Lipinski definition) is 4. The number of carbonyl (C=O) groups excluding carboxylic acids is 2. The van der Waals surface area contributed by atoms with E-state index in [9.17, 15) is 9.59 Å². The molecule has 0 radical (unpaired) electrons. The lowest BCUT2D eigenvalue weighted by molar-refractivity contribution is 0.0709. The third kappa shape index (κ3) is 5.34. The molecule has 1 saturated heterocycles. The standard InChI is InChI=1S/C30H34ClN5O2/c1-30(2)19-27(34-29(38)33-26-7-5-4-6-25(26)31)23-18-20(8-9-24(23)30)28(37)35(3)21-12-16-36(17-13-21)22-10-14-32-15-11-22/h4-11,14-15,18,21,27H,12-13,16-17,19H2,1-3H3,(H2,33,34,38). The summed E-state index contributed by atoms with van der Waals surface area (Å²) in [6, 6.07) is 16.8. The Morgan fingerprint density at radius 1 is 1.05 bits per heavy atom. The first-order valence-corrected chi connectivity index (χ1v) is 13.5. The second-order valence-corrected chi connectivity index (χ2v) is 11.3. The third-order valence-corrected chi connectivity index (χ3v) is 8.23. The number of piperidine rings is 1. The molecule has 0 saturated carbocycles. The summed E-state index contributed by atoms with van der Waals surface area (Å²) in [4.78, 5) is 34.7. The highest BCUT2D eigenvalue weighted by Crippen LogP contribution is 2.45. The maximum Gasteiger partial charge on any atom is 0.319 e. The van der Waals surface area contributed by atoms with Gasteiger partial charge in [-0.25, -0.2) is 4.79 Å². The first-order valence-electron chi connectivity index (χ1n) is 13.1. The predicted molar refractivity (Wildman–Crippen MR) is 152 cm³/mol. The smallest absolute Gasteiger partial charge is 0.319 e. The van der Waals surface area contributed by atoms with Gasteiger partial charge in [-0.2, -0.15) is 0 Å². The number of rotatable bonds is 5. The number of urea groups is 1. The highest BCUT2D eigenvalue weighted by molar-refractivity contribution is 6.33. The summed E-state index contributed by atoms with van der Waals surface area (Å²) < 4.78 is 0. The number of anilines is 2. The molecule has 2 N–H and O–H groups in total. The Balaban J connectivity index is 1.27. The summed E-state index contributed by atoms with van der Waals surface area (Å²) in [5, 5.41) is 6.43. The number of nitrogens with one attached hydrogen (secondary N) is 2. The van der Waals surface area contributed by atoms with E-state index in [2.05, 4.69) is 40.4 Å². The summed E-state index contributed by atoms with van der Waals surface area (Å²) in [6.07, 6.45) is 6.20. The molecule has 1 atom stereocenters. The Morgan fingerprint density at radius 3 is 2.47 bits per heavy atom. The molecule has 7 nitrogen and oxygen atoms in total. The third-order valence-electron chi connectivity index (χ3n) is 7.91. The van der Waals surface area contributed by atoms with Crippen molar-refractivity contribution in [2.45, 2.75) is 50.6 Å². The highest BCUT2D eigenvalue weighted by Gasteiger charge is 2.38. The second-order valence-electron chi connectivity index (χ2n) is 10.9. The fourth-order valence-corrected chi connectivity index (χ4v) is 5.96. The average molecular weight is 532 g/mol. The van der Waals surface area contributed by atoms with Gasteiger partial charge in [-0.1, -0.05) is 43.6 Å². The number of carbonyl (C=O) groups is 2. The van der Waals surface area contributed by atoms with Gasteiger partial charge in [0.1, 0.15) is 0 Å². The molecule has 8 heteroatoms. The SMILES string of the molecule is CN(C(=O)c1ccc2c(c1)C(NC(=O)Nc1ccccc1Cl)CC2(C)C)C1CCN(c2ccncc2)CC1. The maximum atomic E-state index is 13.6. The van der Waals surface area contributed by atoms with E-state index >= 15 is 0 Å². The Hall–Kier alpha value is -3.58. The van der Waals surface area contributed by atoms with Crippen molar-refractivity contribution in [1.29, 1.82) is 0 Å². The number of halogens is 1. The molecule has 1 aliphatic heterocycles. The molecule has 5 rings (SSSR count). The van der Waals surface area contributed by atoms with Gasteiger partial charge in [-0.3, -0.25) is 9.78 Å². The van der Waals surface area contributed by atoms with Gasteiger partial charge in [-0.05, 0) is 72.2 Å².